The lowest BCUT2D eigenvalue weighted by molar-refractivity contribution is -0.549. The molecule has 0 bridgehead atoms. The van der Waals surface area contributed by atoms with Crippen LogP contribution in [-0.4, -0.2) is 28.1 Å². The molecule has 9 heteroatoms. The van der Waals surface area contributed by atoms with Crippen LogP contribution in [0.4, 0.5) is 5.69 Å². The summed E-state index contributed by atoms with van der Waals surface area (Å²) in [4.78, 5) is 21.4. The van der Waals surface area contributed by atoms with E-state index in [9.17, 15) is 25.3 Å². The summed E-state index contributed by atoms with van der Waals surface area (Å²) in [5.41, 5.74) is 0.185. The second-order valence-electron chi connectivity index (χ2n) is 5.49. The van der Waals surface area contributed by atoms with Gasteiger partial charge in [0.15, 0.2) is 18.0 Å². The zero-order valence-corrected chi connectivity index (χ0v) is 13.1. The largest absolute Gasteiger partial charge is 0.490 e. The van der Waals surface area contributed by atoms with Gasteiger partial charge in [-0.25, -0.2) is 0 Å². The maximum absolute atomic E-state index is 11.5. The van der Waals surface area contributed by atoms with Gasteiger partial charge in [0.05, 0.1) is 12.0 Å². The summed E-state index contributed by atoms with van der Waals surface area (Å²) in [6.07, 6.45) is -2.57. The summed E-state index contributed by atoms with van der Waals surface area (Å²) in [6, 6.07) is 8.91. The second kappa shape index (κ2) is 6.36. The molecule has 0 fully saturated rings. The van der Waals surface area contributed by atoms with Crippen LogP contribution in [0.2, 0.25) is 0 Å². The second-order valence-corrected chi connectivity index (χ2v) is 5.49. The lowest BCUT2D eigenvalue weighted by atomic mass is 9.90. The van der Waals surface area contributed by atoms with Crippen molar-refractivity contribution in [3.63, 3.8) is 0 Å². The van der Waals surface area contributed by atoms with E-state index >= 15 is 0 Å². The Hall–Kier alpha value is -3.20. The number of nitrogens with zero attached hydrogens (tertiary/aromatic N) is 2. The van der Waals surface area contributed by atoms with Crippen LogP contribution in [-0.2, 0) is 0 Å². The smallest absolute Gasteiger partial charge is 0.311 e. The van der Waals surface area contributed by atoms with Crippen LogP contribution in [0.5, 0.6) is 11.5 Å². The van der Waals surface area contributed by atoms with Crippen LogP contribution in [0, 0.1) is 20.2 Å². The molecule has 3 rings (SSSR count). The molecule has 3 atom stereocenters. The molecule has 2 aromatic rings. The average molecular weight is 346 g/mol. The third-order valence-electron chi connectivity index (χ3n) is 4.10. The molecule has 0 aromatic heterocycles. The van der Waals surface area contributed by atoms with Crippen molar-refractivity contribution in [3.8, 4) is 11.5 Å². The number of nitro benzene ring substituents is 1. The predicted molar refractivity (Wildman–Crippen MR) is 85.2 cm³/mol. The molecule has 9 nitrogen and oxygen atoms in total. The lowest BCUT2D eigenvalue weighted by Gasteiger charge is -2.32. The summed E-state index contributed by atoms with van der Waals surface area (Å²) in [6.45, 7) is 0. The number of benzene rings is 2. The lowest BCUT2D eigenvalue weighted by Crippen LogP contribution is -2.40. The molecule has 0 saturated heterocycles. The Morgan fingerprint density at radius 2 is 1.88 bits per heavy atom. The van der Waals surface area contributed by atoms with Crippen LogP contribution >= 0.6 is 0 Å². The maximum atomic E-state index is 11.5. The summed E-state index contributed by atoms with van der Waals surface area (Å²) in [5, 5.41) is 33.1. The fraction of sp³-hybridized carbons (Fsp3) is 0.250. The monoisotopic (exact) mass is 346 g/mol. The number of aliphatic hydroxyl groups is 1. The SMILES string of the molecule is COc1ccc([C@@H]2Oc3ccccc3[C@H](O)C2[N+](=O)[O-])cc1[N+](=O)[O-]. The molecule has 2 aromatic carbocycles. The highest BCUT2D eigenvalue weighted by Gasteiger charge is 2.47. The highest BCUT2D eigenvalue weighted by Crippen LogP contribution is 2.43. The maximum Gasteiger partial charge on any atom is 0.311 e. The van der Waals surface area contributed by atoms with Gasteiger partial charge in [0.2, 0.25) is 0 Å². The molecule has 0 amide bonds. The van der Waals surface area contributed by atoms with Crippen LogP contribution in [0.15, 0.2) is 42.5 Å². The van der Waals surface area contributed by atoms with Gasteiger partial charge in [0.25, 0.3) is 6.04 Å². The molecule has 0 spiro atoms. The third kappa shape index (κ3) is 2.85. The van der Waals surface area contributed by atoms with Crippen LogP contribution < -0.4 is 9.47 Å². The number of nitro groups is 2. The Balaban J connectivity index is 2.10. The zero-order chi connectivity index (χ0) is 18.1. The number of hydrogen-bond acceptors (Lipinski definition) is 7. The molecular weight excluding hydrogens is 332 g/mol. The number of rotatable bonds is 4. The highest BCUT2D eigenvalue weighted by atomic mass is 16.6. The van der Waals surface area contributed by atoms with Crippen molar-refractivity contribution >= 4 is 5.69 Å². The van der Waals surface area contributed by atoms with E-state index in [1.54, 1.807) is 24.3 Å². The van der Waals surface area contributed by atoms with E-state index in [4.69, 9.17) is 9.47 Å². The van der Waals surface area contributed by atoms with E-state index in [-0.39, 0.29) is 17.0 Å². The van der Waals surface area contributed by atoms with Crippen molar-refractivity contribution in [2.24, 2.45) is 0 Å². The first-order valence-electron chi connectivity index (χ1n) is 7.33. The summed E-state index contributed by atoms with van der Waals surface area (Å²) in [7, 11) is 1.29. The van der Waals surface area contributed by atoms with E-state index in [0.29, 0.717) is 11.3 Å². The van der Waals surface area contributed by atoms with Gasteiger partial charge in [-0.05, 0) is 12.1 Å². The molecule has 1 unspecified atom stereocenters. The standard InChI is InChI=1S/C16H14N2O7/c1-24-13-7-6-9(8-11(13)17(20)21)16-14(18(22)23)15(19)10-4-2-3-5-12(10)25-16/h2-8,14-16,19H,1H3/t14?,15-,16-/m0/s1. The fourth-order valence-electron chi connectivity index (χ4n) is 2.91. The van der Waals surface area contributed by atoms with Crippen molar-refractivity contribution in [2.75, 3.05) is 7.11 Å². The first kappa shape index (κ1) is 16.7. The first-order valence-corrected chi connectivity index (χ1v) is 7.33. The van der Waals surface area contributed by atoms with E-state index in [1.165, 1.54) is 25.3 Å². The highest BCUT2D eigenvalue weighted by molar-refractivity contribution is 5.50. The molecule has 0 radical (unpaired) electrons. The van der Waals surface area contributed by atoms with Gasteiger partial charge < -0.3 is 14.6 Å². The summed E-state index contributed by atoms with van der Waals surface area (Å²) in [5.74, 6) is 0.333. The molecule has 0 saturated carbocycles. The number of methoxy groups -OCH3 is 1. The Morgan fingerprint density at radius 3 is 2.52 bits per heavy atom. The Kier molecular flexibility index (Phi) is 4.24. The Morgan fingerprint density at radius 1 is 1.16 bits per heavy atom. The van der Waals surface area contributed by atoms with Crippen molar-refractivity contribution in [1.29, 1.82) is 0 Å². The summed E-state index contributed by atoms with van der Waals surface area (Å²) >= 11 is 0. The quantitative estimate of drug-likeness (QED) is 0.665. The molecule has 1 aliphatic heterocycles. The first-order chi connectivity index (χ1) is 11.9. The van der Waals surface area contributed by atoms with E-state index < -0.39 is 28.1 Å². The molecule has 25 heavy (non-hydrogen) atoms. The zero-order valence-electron chi connectivity index (χ0n) is 13.1. The van der Waals surface area contributed by atoms with Crippen LogP contribution in [0.25, 0.3) is 0 Å². The van der Waals surface area contributed by atoms with Crippen molar-refractivity contribution in [1.82, 2.24) is 0 Å². The van der Waals surface area contributed by atoms with Gasteiger partial charge in [-0.2, -0.15) is 0 Å². The minimum atomic E-state index is -1.50. The molecule has 0 aliphatic carbocycles. The van der Waals surface area contributed by atoms with Crippen LogP contribution in [0.1, 0.15) is 23.3 Å². The normalized spacial score (nSPS) is 21.8. The minimum Gasteiger partial charge on any atom is -0.490 e. The minimum absolute atomic E-state index is 0.0307. The van der Waals surface area contributed by atoms with Gasteiger partial charge in [-0.3, -0.25) is 20.2 Å². The number of para-hydroxylation sites is 1. The fourth-order valence-corrected chi connectivity index (χ4v) is 2.91. The number of fused-ring (bicyclic) bond motifs is 1. The van der Waals surface area contributed by atoms with E-state index in [1.807, 2.05) is 0 Å². The van der Waals surface area contributed by atoms with Crippen molar-refractivity contribution < 1.29 is 24.4 Å². The van der Waals surface area contributed by atoms with Crippen LogP contribution in [0.3, 0.4) is 0 Å². The molecular formula is C16H14N2O7. The van der Waals surface area contributed by atoms with Crippen molar-refractivity contribution in [2.45, 2.75) is 18.2 Å². The molecule has 1 heterocycles. The molecule has 1 N–H and O–H groups in total. The van der Waals surface area contributed by atoms with Gasteiger partial charge in [0, 0.05) is 22.1 Å². The molecule has 1 aliphatic rings. The Labute approximate surface area is 141 Å². The van der Waals surface area contributed by atoms with Gasteiger partial charge in [-0.1, -0.05) is 24.3 Å². The topological polar surface area (TPSA) is 125 Å². The van der Waals surface area contributed by atoms with E-state index in [2.05, 4.69) is 0 Å². The number of hydrogen-bond donors (Lipinski definition) is 1. The van der Waals surface area contributed by atoms with Gasteiger partial charge in [-0.15, -0.1) is 0 Å². The Bertz CT molecular complexity index is 839. The molecule has 130 valence electrons. The van der Waals surface area contributed by atoms with E-state index in [0.717, 1.165) is 0 Å². The predicted octanol–water partition coefficient (Wildman–Crippen LogP) is 2.42. The van der Waals surface area contributed by atoms with Crippen molar-refractivity contribution in [3.05, 3.63) is 73.8 Å². The third-order valence-corrected chi connectivity index (χ3v) is 4.10. The average Bonchev–Trinajstić information content (AvgIpc) is 2.60. The number of ether oxygens (including phenoxy) is 2. The summed E-state index contributed by atoms with van der Waals surface area (Å²) < 4.78 is 10.6. The van der Waals surface area contributed by atoms with Gasteiger partial charge >= 0.3 is 5.69 Å². The number of aliphatic hydroxyl groups excluding tert-OH is 1. The van der Waals surface area contributed by atoms with Gasteiger partial charge in [0.1, 0.15) is 5.75 Å².